The largest absolute Gasteiger partial charge is 0.394 e. The molecule has 0 bridgehead atoms. The van der Waals surface area contributed by atoms with Crippen LogP contribution in [0.5, 0.6) is 0 Å². The van der Waals surface area contributed by atoms with Crippen molar-refractivity contribution in [2.24, 2.45) is 0 Å². The lowest BCUT2D eigenvalue weighted by molar-refractivity contribution is -0.162. The number of nitrogens with zero attached hydrogens (tertiary/aromatic N) is 2. The lowest BCUT2D eigenvalue weighted by atomic mass is 9.98. The minimum absolute atomic E-state index is 0.0925. The van der Waals surface area contributed by atoms with Gasteiger partial charge in [-0.25, -0.2) is 8.42 Å². The van der Waals surface area contributed by atoms with Gasteiger partial charge in [0.25, 0.3) is 0 Å². The highest BCUT2D eigenvalue weighted by Gasteiger charge is 2.37. The molecule has 0 saturated carbocycles. The van der Waals surface area contributed by atoms with E-state index in [0.29, 0.717) is 12.2 Å². The quantitative estimate of drug-likeness (QED) is 0.758. The van der Waals surface area contributed by atoms with E-state index in [4.69, 9.17) is 4.74 Å². The highest BCUT2D eigenvalue weighted by atomic mass is 32.2. The summed E-state index contributed by atoms with van der Waals surface area (Å²) in [5.74, 6) is -0.204. The van der Waals surface area contributed by atoms with Gasteiger partial charge in [0.1, 0.15) is 12.7 Å². The summed E-state index contributed by atoms with van der Waals surface area (Å²) in [4.78, 5) is 18.0. The van der Waals surface area contributed by atoms with Gasteiger partial charge in [0.2, 0.25) is 15.9 Å². The number of aliphatic hydroxyl groups excluding tert-OH is 1. The van der Waals surface area contributed by atoms with Gasteiger partial charge in [-0.15, -0.1) is 0 Å². The Bertz CT molecular complexity index is 887. The van der Waals surface area contributed by atoms with Crippen LogP contribution in [0.3, 0.4) is 0 Å². The number of benzene rings is 1. The Balaban J connectivity index is 1.81. The lowest BCUT2D eigenvalue weighted by Gasteiger charge is -2.40. The number of aliphatic hydroxyl groups is 1. The molecule has 9 heteroatoms. The van der Waals surface area contributed by atoms with Gasteiger partial charge < -0.3 is 14.7 Å². The molecule has 0 radical (unpaired) electrons. The van der Waals surface area contributed by atoms with Crippen LogP contribution in [0.4, 0.5) is 5.69 Å². The predicted octanol–water partition coefficient (Wildman–Crippen LogP) is 0.914. The maximum Gasteiger partial charge on any atom is 0.249 e. The topological polar surface area (TPSA) is 109 Å². The van der Waals surface area contributed by atoms with Crippen LogP contribution in [0, 0.1) is 0 Å². The van der Waals surface area contributed by atoms with E-state index < -0.39 is 22.2 Å². The number of anilines is 1. The molecule has 1 fully saturated rings. The number of hydrogen-bond donors (Lipinski definition) is 2. The van der Waals surface area contributed by atoms with Gasteiger partial charge in [0.05, 0.1) is 18.9 Å². The fourth-order valence-corrected chi connectivity index (χ4v) is 3.63. The average molecular weight is 391 g/mol. The summed E-state index contributed by atoms with van der Waals surface area (Å²) < 4.78 is 30.7. The van der Waals surface area contributed by atoms with E-state index in [9.17, 15) is 18.3 Å². The second-order valence-corrected chi connectivity index (χ2v) is 8.11. The van der Waals surface area contributed by atoms with Crippen LogP contribution in [-0.4, -0.2) is 54.8 Å². The smallest absolute Gasteiger partial charge is 0.249 e. The Labute approximate surface area is 157 Å². The summed E-state index contributed by atoms with van der Waals surface area (Å²) in [7, 11) is -3.36. The predicted molar refractivity (Wildman–Crippen MR) is 99.3 cm³/mol. The number of hydrogen-bond acceptors (Lipinski definition) is 6. The number of nitrogens with one attached hydrogen (secondary N) is 1. The first-order chi connectivity index (χ1) is 12.9. The Morgan fingerprint density at radius 1 is 1.30 bits per heavy atom. The fraction of sp³-hybridized carbons (Fsp3) is 0.333. The molecule has 3 rings (SSSR count). The van der Waals surface area contributed by atoms with Crippen molar-refractivity contribution in [1.82, 2.24) is 9.88 Å². The van der Waals surface area contributed by atoms with Gasteiger partial charge in [-0.05, 0) is 29.3 Å². The highest BCUT2D eigenvalue weighted by Crippen LogP contribution is 2.30. The van der Waals surface area contributed by atoms with Gasteiger partial charge in [0, 0.05) is 24.6 Å². The van der Waals surface area contributed by atoms with Crippen LogP contribution in [0.2, 0.25) is 0 Å². The summed E-state index contributed by atoms with van der Waals surface area (Å²) in [5, 5.41) is 9.92. The van der Waals surface area contributed by atoms with Crippen LogP contribution in [-0.2, 0) is 26.1 Å². The van der Waals surface area contributed by atoms with Crippen molar-refractivity contribution in [3.05, 3.63) is 59.9 Å². The number of sulfonamides is 1. The van der Waals surface area contributed by atoms with Crippen molar-refractivity contribution in [1.29, 1.82) is 0 Å². The molecule has 2 heterocycles. The fourth-order valence-electron chi connectivity index (χ4n) is 3.06. The molecule has 1 aliphatic rings. The van der Waals surface area contributed by atoms with Gasteiger partial charge in [0.15, 0.2) is 0 Å². The molecular formula is C18H21N3O5S. The zero-order valence-electron chi connectivity index (χ0n) is 14.8. The first-order valence-electron chi connectivity index (χ1n) is 8.36. The van der Waals surface area contributed by atoms with Crippen LogP contribution in [0.25, 0.3) is 0 Å². The minimum Gasteiger partial charge on any atom is -0.394 e. The molecule has 1 saturated heterocycles. The molecule has 2 aromatic rings. The van der Waals surface area contributed by atoms with Crippen molar-refractivity contribution in [3.8, 4) is 0 Å². The average Bonchev–Trinajstić information content (AvgIpc) is 2.63. The van der Waals surface area contributed by atoms with Crippen LogP contribution in [0.15, 0.2) is 48.8 Å². The molecule has 1 aromatic carbocycles. The van der Waals surface area contributed by atoms with E-state index in [0.717, 1.165) is 17.4 Å². The molecule has 1 aliphatic heterocycles. The van der Waals surface area contributed by atoms with E-state index in [1.54, 1.807) is 47.6 Å². The summed E-state index contributed by atoms with van der Waals surface area (Å²) in [6.07, 6.45) is 3.90. The monoisotopic (exact) mass is 391 g/mol. The number of carbonyl (C=O) groups is 1. The zero-order chi connectivity index (χ0) is 19.4. The summed E-state index contributed by atoms with van der Waals surface area (Å²) in [5.41, 5.74) is 2.04. The van der Waals surface area contributed by atoms with Crippen molar-refractivity contribution in [2.75, 3.05) is 24.2 Å². The number of amides is 1. The Kier molecular flexibility index (Phi) is 5.73. The third kappa shape index (κ3) is 4.82. The number of pyridine rings is 1. The molecule has 1 aromatic heterocycles. The van der Waals surface area contributed by atoms with E-state index in [-0.39, 0.29) is 19.1 Å². The molecule has 0 aliphatic carbocycles. The van der Waals surface area contributed by atoms with Crippen molar-refractivity contribution in [2.45, 2.75) is 18.7 Å². The van der Waals surface area contributed by atoms with Crippen LogP contribution in [0.1, 0.15) is 17.2 Å². The number of rotatable bonds is 6. The number of carbonyl (C=O) groups excluding carboxylic acids is 1. The Morgan fingerprint density at radius 3 is 2.63 bits per heavy atom. The maximum absolute atomic E-state index is 12.3. The Morgan fingerprint density at radius 2 is 2.04 bits per heavy atom. The molecule has 144 valence electrons. The molecule has 0 spiro atoms. The lowest BCUT2D eigenvalue weighted by Crippen LogP contribution is -2.52. The second kappa shape index (κ2) is 8.03. The maximum atomic E-state index is 12.3. The van der Waals surface area contributed by atoms with Gasteiger partial charge in [-0.1, -0.05) is 18.2 Å². The van der Waals surface area contributed by atoms with Gasteiger partial charge in [-0.3, -0.25) is 14.5 Å². The third-order valence-electron chi connectivity index (χ3n) is 4.26. The zero-order valence-corrected chi connectivity index (χ0v) is 15.6. The van der Waals surface area contributed by atoms with E-state index in [2.05, 4.69) is 9.71 Å². The van der Waals surface area contributed by atoms with E-state index in [1.807, 2.05) is 6.07 Å². The first kappa shape index (κ1) is 19.3. The molecule has 27 heavy (non-hydrogen) atoms. The Hall–Kier alpha value is -2.49. The summed E-state index contributed by atoms with van der Waals surface area (Å²) >= 11 is 0. The molecule has 2 atom stereocenters. The number of aromatic nitrogens is 1. The molecule has 8 nitrogen and oxygen atoms in total. The first-order valence-corrected chi connectivity index (χ1v) is 10.2. The third-order valence-corrected chi connectivity index (χ3v) is 4.87. The van der Waals surface area contributed by atoms with Crippen molar-refractivity contribution >= 4 is 21.6 Å². The number of ether oxygens (including phenoxy) is 1. The van der Waals surface area contributed by atoms with Gasteiger partial charge >= 0.3 is 0 Å². The van der Waals surface area contributed by atoms with E-state index in [1.165, 1.54) is 0 Å². The van der Waals surface area contributed by atoms with E-state index >= 15 is 0 Å². The van der Waals surface area contributed by atoms with Gasteiger partial charge in [-0.2, -0.15) is 0 Å². The van der Waals surface area contributed by atoms with Crippen molar-refractivity contribution in [3.63, 3.8) is 0 Å². The second-order valence-electron chi connectivity index (χ2n) is 6.36. The minimum atomic E-state index is -3.36. The summed E-state index contributed by atoms with van der Waals surface area (Å²) in [6, 6.07) is 9.79. The molecule has 0 unspecified atom stereocenters. The molecule has 2 N–H and O–H groups in total. The normalized spacial score (nSPS) is 20.5. The SMILES string of the molecule is CS(=O)(=O)Nc1ccc([C@H]2OCC(=O)N(Cc3cccnc3)[C@@H]2CO)cc1. The highest BCUT2D eigenvalue weighted by molar-refractivity contribution is 7.92. The van der Waals surface area contributed by atoms with Crippen LogP contribution < -0.4 is 4.72 Å². The molecule has 1 amide bonds. The standard InChI is InChI=1S/C18H21N3O5S/c1-27(24,25)20-15-6-4-14(5-7-15)18-16(11-22)21(17(23)12-26-18)10-13-3-2-8-19-9-13/h2-9,16,18,20,22H,10-12H2,1H3/t16-,18-/m1/s1. The summed E-state index contributed by atoms with van der Waals surface area (Å²) in [6.45, 7) is -0.0315. The molecular weight excluding hydrogens is 370 g/mol. The van der Waals surface area contributed by atoms with Crippen LogP contribution >= 0.6 is 0 Å². The van der Waals surface area contributed by atoms with Crippen molar-refractivity contribution < 1.29 is 23.1 Å². The number of morpholine rings is 1.